The number of carboxylic acids is 1. The third kappa shape index (κ3) is 6.12. The van der Waals surface area contributed by atoms with Gasteiger partial charge in [-0.25, -0.2) is 13.2 Å². The molecule has 2 N–H and O–H groups in total. The number of rotatable bonds is 12. The third-order valence-corrected chi connectivity index (χ3v) is 6.69. The van der Waals surface area contributed by atoms with Gasteiger partial charge in [0.15, 0.2) is 0 Å². The highest BCUT2D eigenvalue weighted by molar-refractivity contribution is 7.91. The zero-order chi connectivity index (χ0) is 22.3. The van der Waals surface area contributed by atoms with E-state index in [0.29, 0.717) is 30.4 Å². The van der Waals surface area contributed by atoms with Gasteiger partial charge in [0.05, 0.1) is 16.9 Å². The molecule has 0 fully saturated rings. The number of amides is 3. The number of carbonyl (C=O) groups is 4. The molecule has 1 heterocycles. The van der Waals surface area contributed by atoms with Crippen LogP contribution in [0.25, 0.3) is 0 Å². The second kappa shape index (κ2) is 10.3. The number of carboxylic acid groups (broad SMARTS) is 1. The molecule has 1 aliphatic heterocycles. The third-order valence-electron chi connectivity index (χ3n) is 4.95. The second-order valence-electron chi connectivity index (χ2n) is 7.10. The summed E-state index contributed by atoms with van der Waals surface area (Å²) >= 11 is 0. The molecule has 0 bridgehead atoms. The predicted molar refractivity (Wildman–Crippen MR) is 109 cm³/mol. The van der Waals surface area contributed by atoms with Crippen LogP contribution in [-0.2, 0) is 19.4 Å². The average Bonchev–Trinajstić information content (AvgIpc) is 2.95. The van der Waals surface area contributed by atoms with Crippen LogP contribution in [0, 0.1) is 0 Å². The molecule has 2 rings (SSSR count). The maximum atomic E-state index is 12.3. The molecule has 1 aromatic rings. The second-order valence-corrected chi connectivity index (χ2v) is 9.57. The molecule has 3 amide bonds. The Bertz CT molecular complexity index is 892. The Morgan fingerprint density at radius 1 is 1.07 bits per heavy atom. The SMILES string of the molecule is CCS(=O)(=O)CCC(NC(=O)CCCCCN1C(=O)c2ccccc2C1=O)C(=O)O. The van der Waals surface area contributed by atoms with Crippen molar-refractivity contribution in [3.63, 3.8) is 0 Å². The van der Waals surface area contributed by atoms with Crippen molar-refractivity contribution in [1.29, 1.82) is 0 Å². The van der Waals surface area contributed by atoms with E-state index in [-0.39, 0.29) is 42.7 Å². The number of aliphatic carboxylic acids is 1. The number of hydrogen-bond donors (Lipinski definition) is 2. The van der Waals surface area contributed by atoms with Crippen molar-refractivity contribution >= 4 is 33.5 Å². The topological polar surface area (TPSA) is 138 Å². The van der Waals surface area contributed by atoms with Gasteiger partial charge in [-0.15, -0.1) is 0 Å². The van der Waals surface area contributed by atoms with Crippen molar-refractivity contribution in [3.8, 4) is 0 Å². The molecule has 1 aliphatic rings. The summed E-state index contributed by atoms with van der Waals surface area (Å²) in [6.07, 6.45) is 1.44. The van der Waals surface area contributed by atoms with E-state index in [2.05, 4.69) is 5.32 Å². The Balaban J connectivity index is 1.71. The lowest BCUT2D eigenvalue weighted by molar-refractivity contribution is -0.141. The van der Waals surface area contributed by atoms with E-state index in [4.69, 9.17) is 5.11 Å². The normalized spacial score (nSPS) is 14.5. The maximum Gasteiger partial charge on any atom is 0.326 e. The maximum absolute atomic E-state index is 12.3. The standard InChI is InChI=1S/C20H26N2O7S/c1-2-30(28,29)13-11-16(20(26)27)21-17(23)10-4-3-7-12-22-18(24)14-8-5-6-9-15(14)19(22)25/h5-6,8-9,16H,2-4,7,10-13H2,1H3,(H,21,23)(H,26,27). The molecule has 0 spiro atoms. The van der Waals surface area contributed by atoms with Crippen LogP contribution in [-0.4, -0.2) is 66.2 Å². The largest absolute Gasteiger partial charge is 0.480 e. The Labute approximate surface area is 175 Å². The first-order chi connectivity index (χ1) is 14.2. The highest BCUT2D eigenvalue weighted by atomic mass is 32.2. The number of nitrogens with zero attached hydrogens (tertiary/aromatic N) is 1. The van der Waals surface area contributed by atoms with E-state index in [0.717, 1.165) is 0 Å². The minimum Gasteiger partial charge on any atom is -0.480 e. The van der Waals surface area contributed by atoms with Crippen molar-refractivity contribution in [2.24, 2.45) is 0 Å². The van der Waals surface area contributed by atoms with Gasteiger partial charge in [0.2, 0.25) is 5.91 Å². The molecule has 0 saturated heterocycles. The molecule has 1 unspecified atom stereocenters. The fourth-order valence-electron chi connectivity index (χ4n) is 3.14. The highest BCUT2D eigenvalue weighted by Gasteiger charge is 2.34. The molecule has 0 radical (unpaired) electrons. The molecular weight excluding hydrogens is 412 g/mol. The van der Waals surface area contributed by atoms with Gasteiger partial charge in [0.1, 0.15) is 15.9 Å². The lowest BCUT2D eigenvalue weighted by atomic mass is 10.1. The molecule has 10 heteroatoms. The summed E-state index contributed by atoms with van der Waals surface area (Å²) in [5.74, 6) is -2.78. The molecule has 9 nitrogen and oxygen atoms in total. The number of hydrogen-bond acceptors (Lipinski definition) is 6. The van der Waals surface area contributed by atoms with Gasteiger partial charge in [0, 0.05) is 18.7 Å². The van der Waals surface area contributed by atoms with Crippen LogP contribution >= 0.6 is 0 Å². The van der Waals surface area contributed by atoms with Crippen molar-refractivity contribution in [2.75, 3.05) is 18.1 Å². The van der Waals surface area contributed by atoms with Crippen LogP contribution in [0.2, 0.25) is 0 Å². The molecule has 30 heavy (non-hydrogen) atoms. The van der Waals surface area contributed by atoms with Gasteiger partial charge in [0.25, 0.3) is 11.8 Å². The van der Waals surface area contributed by atoms with Gasteiger partial charge in [-0.3, -0.25) is 19.3 Å². The molecular formula is C20H26N2O7S. The number of fused-ring (bicyclic) bond motifs is 1. The minimum atomic E-state index is -3.32. The molecule has 0 saturated carbocycles. The van der Waals surface area contributed by atoms with Crippen molar-refractivity contribution < 1.29 is 32.7 Å². The molecule has 164 valence electrons. The quantitative estimate of drug-likeness (QED) is 0.370. The summed E-state index contributed by atoms with van der Waals surface area (Å²) in [6, 6.07) is 5.38. The Morgan fingerprint density at radius 3 is 2.20 bits per heavy atom. The fourth-order valence-corrected chi connectivity index (χ4v) is 4.02. The van der Waals surface area contributed by atoms with E-state index < -0.39 is 27.8 Å². The van der Waals surface area contributed by atoms with Crippen LogP contribution in [0.3, 0.4) is 0 Å². The zero-order valence-corrected chi connectivity index (χ0v) is 17.6. The van der Waals surface area contributed by atoms with Gasteiger partial charge in [-0.2, -0.15) is 0 Å². The van der Waals surface area contributed by atoms with Gasteiger partial charge < -0.3 is 10.4 Å². The number of sulfone groups is 1. The fraction of sp³-hybridized carbons (Fsp3) is 0.500. The van der Waals surface area contributed by atoms with Gasteiger partial charge in [-0.1, -0.05) is 25.5 Å². The molecule has 1 atom stereocenters. The Hall–Kier alpha value is -2.75. The summed E-state index contributed by atoms with van der Waals surface area (Å²) in [5.41, 5.74) is 0.790. The predicted octanol–water partition coefficient (Wildman–Crippen LogP) is 1.24. The van der Waals surface area contributed by atoms with E-state index in [1.54, 1.807) is 24.3 Å². The van der Waals surface area contributed by atoms with Crippen LogP contribution in [0.15, 0.2) is 24.3 Å². The smallest absolute Gasteiger partial charge is 0.326 e. The summed E-state index contributed by atoms with van der Waals surface area (Å²) in [7, 11) is -3.32. The van der Waals surface area contributed by atoms with E-state index in [9.17, 15) is 27.6 Å². The van der Waals surface area contributed by atoms with Crippen LogP contribution in [0.1, 0.15) is 59.7 Å². The minimum absolute atomic E-state index is 0.0758. The van der Waals surface area contributed by atoms with E-state index >= 15 is 0 Å². The Morgan fingerprint density at radius 2 is 1.67 bits per heavy atom. The first kappa shape index (κ1) is 23.5. The molecule has 0 aromatic heterocycles. The number of imide groups is 1. The summed E-state index contributed by atoms with van der Waals surface area (Å²) in [6.45, 7) is 1.73. The molecule has 0 aliphatic carbocycles. The van der Waals surface area contributed by atoms with Crippen molar-refractivity contribution in [3.05, 3.63) is 35.4 Å². The van der Waals surface area contributed by atoms with Crippen LogP contribution in [0.4, 0.5) is 0 Å². The number of benzene rings is 1. The summed E-state index contributed by atoms with van der Waals surface area (Å²) in [4.78, 5) is 48.9. The molecule has 1 aromatic carbocycles. The zero-order valence-electron chi connectivity index (χ0n) is 16.8. The van der Waals surface area contributed by atoms with Crippen LogP contribution in [0.5, 0.6) is 0 Å². The summed E-state index contributed by atoms with van der Waals surface area (Å²) < 4.78 is 23.1. The number of nitrogens with one attached hydrogen (secondary N) is 1. The summed E-state index contributed by atoms with van der Waals surface area (Å²) in [5, 5.41) is 11.5. The average molecular weight is 439 g/mol. The van der Waals surface area contributed by atoms with E-state index in [1.165, 1.54) is 11.8 Å². The number of unbranched alkanes of at least 4 members (excludes halogenated alkanes) is 2. The lowest BCUT2D eigenvalue weighted by Gasteiger charge is -2.15. The van der Waals surface area contributed by atoms with Crippen molar-refractivity contribution in [2.45, 2.75) is 45.1 Å². The first-order valence-electron chi connectivity index (χ1n) is 9.84. The van der Waals surface area contributed by atoms with Crippen molar-refractivity contribution in [1.82, 2.24) is 10.2 Å². The first-order valence-corrected chi connectivity index (χ1v) is 11.7. The number of carbonyl (C=O) groups excluding carboxylic acids is 3. The van der Waals surface area contributed by atoms with Gasteiger partial charge >= 0.3 is 5.97 Å². The van der Waals surface area contributed by atoms with Crippen LogP contribution < -0.4 is 5.32 Å². The monoisotopic (exact) mass is 438 g/mol. The highest BCUT2D eigenvalue weighted by Crippen LogP contribution is 2.22. The van der Waals surface area contributed by atoms with E-state index in [1.807, 2.05) is 0 Å². The van der Waals surface area contributed by atoms with Gasteiger partial charge in [-0.05, 0) is 31.4 Å². The lowest BCUT2D eigenvalue weighted by Crippen LogP contribution is -2.42. The Kier molecular flexibility index (Phi) is 8.10.